The molecule has 1 unspecified atom stereocenters. The van der Waals surface area contributed by atoms with Crippen molar-refractivity contribution in [2.24, 2.45) is 10.3 Å². The number of carbonyl (C=O) groups is 2. The first-order chi connectivity index (χ1) is 14.5. The Hall–Kier alpha value is -3.20. The largest absolute Gasteiger partial charge is 0.369 e. The predicted molar refractivity (Wildman–Crippen MR) is 113 cm³/mol. The Morgan fingerprint density at radius 1 is 1.07 bits per heavy atom. The van der Waals surface area contributed by atoms with Crippen molar-refractivity contribution in [3.63, 3.8) is 0 Å². The van der Waals surface area contributed by atoms with Crippen LogP contribution in [0.1, 0.15) is 18.4 Å². The highest BCUT2D eigenvalue weighted by atomic mass is 32.2. The summed E-state index contributed by atoms with van der Waals surface area (Å²) in [6, 6.07) is 16.0. The minimum absolute atomic E-state index is 0.0536. The average molecular weight is 426 g/mol. The quantitative estimate of drug-likeness (QED) is 0.677. The topological polar surface area (TPSA) is 108 Å². The molecule has 2 heterocycles. The number of fused-ring (bicyclic) bond motifs is 1. The Kier molecular flexibility index (Phi) is 5.54. The number of carbonyl (C=O) groups excluding carboxylic acids is 2. The Morgan fingerprint density at radius 3 is 2.60 bits per heavy atom. The minimum atomic E-state index is -3.64. The van der Waals surface area contributed by atoms with Gasteiger partial charge in [-0.15, -0.1) is 4.40 Å². The van der Waals surface area contributed by atoms with Gasteiger partial charge in [-0.3, -0.25) is 9.59 Å². The van der Waals surface area contributed by atoms with E-state index in [9.17, 15) is 18.0 Å². The van der Waals surface area contributed by atoms with Crippen molar-refractivity contribution in [3.05, 3.63) is 60.2 Å². The molecule has 2 aliphatic heterocycles. The Balaban J connectivity index is 1.23. The van der Waals surface area contributed by atoms with Crippen LogP contribution < -0.4 is 15.5 Å². The average Bonchev–Trinajstić information content (AvgIpc) is 3.26. The summed E-state index contributed by atoms with van der Waals surface area (Å²) in [6.45, 7) is 1.25. The van der Waals surface area contributed by atoms with E-state index < -0.39 is 10.0 Å². The summed E-state index contributed by atoms with van der Waals surface area (Å²) in [6.07, 6.45) is 0.792. The first-order valence-corrected chi connectivity index (χ1v) is 11.2. The number of nitrogens with one attached hydrogen (secondary N) is 2. The van der Waals surface area contributed by atoms with Crippen LogP contribution >= 0.6 is 0 Å². The molecule has 30 heavy (non-hydrogen) atoms. The van der Waals surface area contributed by atoms with Crippen LogP contribution in [0.5, 0.6) is 0 Å². The standard InChI is InChI=1S/C21H22N4O4S/c26-19-13-15(14-25(19)16-7-2-1-3-8-16)21(27)23-12-6-11-22-20-17-9-4-5-10-18(17)30(28,29)24-20/h1-5,7-10,15H,6,11-14H2,(H,22,24)(H,23,27). The van der Waals surface area contributed by atoms with Gasteiger partial charge < -0.3 is 15.5 Å². The van der Waals surface area contributed by atoms with E-state index in [0.717, 1.165) is 5.69 Å². The van der Waals surface area contributed by atoms with E-state index in [1.54, 1.807) is 23.1 Å². The number of amidine groups is 1. The van der Waals surface area contributed by atoms with Crippen molar-refractivity contribution in [1.29, 1.82) is 0 Å². The summed E-state index contributed by atoms with van der Waals surface area (Å²) in [7, 11) is -3.64. The second-order valence-electron chi connectivity index (χ2n) is 7.22. The Morgan fingerprint density at radius 2 is 1.80 bits per heavy atom. The molecule has 0 spiro atoms. The Bertz CT molecular complexity index is 1100. The lowest BCUT2D eigenvalue weighted by Gasteiger charge is -2.16. The normalized spacial score (nSPS) is 19.3. The fourth-order valence-electron chi connectivity index (χ4n) is 3.63. The highest BCUT2D eigenvalue weighted by molar-refractivity contribution is 7.90. The van der Waals surface area contributed by atoms with E-state index in [4.69, 9.17) is 0 Å². The van der Waals surface area contributed by atoms with E-state index >= 15 is 0 Å². The third-order valence-electron chi connectivity index (χ3n) is 5.14. The zero-order chi connectivity index (χ0) is 21.1. The number of hydrogen-bond donors (Lipinski definition) is 2. The van der Waals surface area contributed by atoms with Crippen LogP contribution in [0.25, 0.3) is 0 Å². The molecule has 2 N–H and O–H groups in total. The second kappa shape index (κ2) is 8.27. The van der Waals surface area contributed by atoms with Crippen molar-refractivity contribution in [2.45, 2.75) is 17.7 Å². The van der Waals surface area contributed by atoms with Gasteiger partial charge in [0.15, 0.2) is 0 Å². The van der Waals surface area contributed by atoms with Gasteiger partial charge in [0.25, 0.3) is 10.0 Å². The molecule has 0 bridgehead atoms. The van der Waals surface area contributed by atoms with Crippen LogP contribution in [0.15, 0.2) is 63.9 Å². The second-order valence-corrected chi connectivity index (χ2v) is 8.80. The zero-order valence-electron chi connectivity index (χ0n) is 16.2. The molecule has 156 valence electrons. The summed E-state index contributed by atoms with van der Waals surface area (Å²) in [5, 5.41) is 5.89. The zero-order valence-corrected chi connectivity index (χ0v) is 17.1. The molecule has 0 saturated carbocycles. The van der Waals surface area contributed by atoms with Crippen molar-refractivity contribution in [2.75, 3.05) is 24.5 Å². The van der Waals surface area contributed by atoms with Crippen LogP contribution in [-0.2, 0) is 19.6 Å². The Labute approximate surface area is 175 Å². The number of benzene rings is 2. The molecule has 2 aromatic carbocycles. The first-order valence-electron chi connectivity index (χ1n) is 9.77. The van der Waals surface area contributed by atoms with Gasteiger partial charge in [0, 0.05) is 37.3 Å². The SMILES string of the molecule is O=C(NCCCNC1=NS(=O)(=O)c2ccccc21)C1CC(=O)N(c2ccccc2)C1. The summed E-state index contributed by atoms with van der Waals surface area (Å²) >= 11 is 0. The molecule has 1 saturated heterocycles. The number of hydrogen-bond acceptors (Lipinski definition) is 5. The maximum atomic E-state index is 12.4. The van der Waals surface area contributed by atoms with Crippen LogP contribution in [0, 0.1) is 5.92 Å². The smallest absolute Gasteiger partial charge is 0.285 e. The number of rotatable bonds is 6. The van der Waals surface area contributed by atoms with E-state index in [1.807, 2.05) is 30.3 Å². The van der Waals surface area contributed by atoms with Gasteiger partial charge in [-0.1, -0.05) is 30.3 Å². The van der Waals surface area contributed by atoms with E-state index in [0.29, 0.717) is 37.5 Å². The number of para-hydroxylation sites is 1. The first kappa shape index (κ1) is 20.1. The molecule has 8 nitrogen and oxygen atoms in total. The molecular weight excluding hydrogens is 404 g/mol. The fourth-order valence-corrected chi connectivity index (χ4v) is 4.82. The summed E-state index contributed by atoms with van der Waals surface area (Å²) in [5.41, 5.74) is 1.36. The van der Waals surface area contributed by atoms with Crippen molar-refractivity contribution >= 4 is 33.4 Å². The lowest BCUT2D eigenvalue weighted by Crippen LogP contribution is -2.35. The molecule has 2 amide bonds. The molecule has 1 atom stereocenters. The van der Waals surface area contributed by atoms with Crippen molar-refractivity contribution in [1.82, 2.24) is 10.6 Å². The van der Waals surface area contributed by atoms with Crippen molar-refractivity contribution in [3.8, 4) is 0 Å². The third kappa shape index (κ3) is 4.06. The lowest BCUT2D eigenvalue weighted by molar-refractivity contribution is -0.126. The number of anilines is 1. The van der Waals surface area contributed by atoms with E-state index in [1.165, 1.54) is 6.07 Å². The van der Waals surface area contributed by atoms with E-state index in [-0.39, 0.29) is 29.0 Å². The van der Waals surface area contributed by atoms with Crippen LogP contribution in [0.2, 0.25) is 0 Å². The molecule has 4 rings (SSSR count). The highest BCUT2D eigenvalue weighted by Crippen LogP contribution is 2.25. The van der Waals surface area contributed by atoms with Gasteiger partial charge in [-0.2, -0.15) is 8.42 Å². The molecule has 9 heteroatoms. The number of amides is 2. The van der Waals surface area contributed by atoms with Crippen molar-refractivity contribution < 1.29 is 18.0 Å². The van der Waals surface area contributed by atoms with Gasteiger partial charge in [-0.25, -0.2) is 0 Å². The molecule has 2 aliphatic rings. The molecular formula is C21H22N4O4S. The maximum absolute atomic E-state index is 12.4. The van der Waals surface area contributed by atoms with Gasteiger partial charge in [0.2, 0.25) is 11.8 Å². The van der Waals surface area contributed by atoms with Gasteiger partial charge in [0.1, 0.15) is 10.7 Å². The molecule has 0 aromatic heterocycles. The number of sulfonamides is 1. The summed E-state index contributed by atoms with van der Waals surface area (Å²) in [5.74, 6) is -0.242. The molecule has 0 radical (unpaired) electrons. The highest BCUT2D eigenvalue weighted by Gasteiger charge is 2.34. The minimum Gasteiger partial charge on any atom is -0.369 e. The fraction of sp³-hybridized carbons (Fsp3) is 0.286. The van der Waals surface area contributed by atoms with Gasteiger partial charge in [-0.05, 0) is 30.7 Å². The molecule has 1 fully saturated rings. The maximum Gasteiger partial charge on any atom is 0.285 e. The van der Waals surface area contributed by atoms with E-state index in [2.05, 4.69) is 15.0 Å². The van der Waals surface area contributed by atoms with Crippen LogP contribution in [-0.4, -0.2) is 45.7 Å². The monoisotopic (exact) mass is 426 g/mol. The van der Waals surface area contributed by atoms with Crippen LogP contribution in [0.4, 0.5) is 5.69 Å². The predicted octanol–water partition coefficient (Wildman–Crippen LogP) is 1.28. The van der Waals surface area contributed by atoms with Gasteiger partial charge in [0.05, 0.1) is 5.92 Å². The van der Waals surface area contributed by atoms with Crippen LogP contribution in [0.3, 0.4) is 0 Å². The molecule has 0 aliphatic carbocycles. The molecule has 2 aromatic rings. The summed E-state index contributed by atoms with van der Waals surface area (Å²) < 4.78 is 27.8. The summed E-state index contributed by atoms with van der Waals surface area (Å²) in [4.78, 5) is 26.5. The number of nitrogens with zero attached hydrogens (tertiary/aromatic N) is 2. The third-order valence-corrected chi connectivity index (χ3v) is 6.48. The van der Waals surface area contributed by atoms with Gasteiger partial charge >= 0.3 is 0 Å². The lowest BCUT2D eigenvalue weighted by atomic mass is 10.1.